The molecular formula is C25H30N2O2+2. The fraction of sp³-hybridized carbons (Fsp3) is 0.400. The standard InChI is InChI=1S/C25H28N2O2/c28-25-16-22(23-14-20-8-4-5-9-21(20)15-24(23)29-25)18-27-12-10-26(11-13-27)17-19-6-2-1-3-7-19/h1-3,6-7,14-16H,4-5,8-13,17-18H2/p+2. The molecule has 0 spiro atoms. The molecule has 4 nitrogen and oxygen atoms in total. The lowest BCUT2D eigenvalue weighted by Crippen LogP contribution is -3.27. The van der Waals surface area contributed by atoms with Gasteiger partial charge in [-0.25, -0.2) is 4.79 Å². The van der Waals surface area contributed by atoms with Crippen LogP contribution in [-0.4, -0.2) is 26.2 Å². The minimum Gasteiger partial charge on any atom is -0.423 e. The Labute approximate surface area is 171 Å². The predicted molar refractivity (Wildman–Crippen MR) is 114 cm³/mol. The third-order valence-electron chi connectivity index (χ3n) is 6.69. The van der Waals surface area contributed by atoms with Crippen molar-refractivity contribution < 1.29 is 14.2 Å². The zero-order valence-electron chi connectivity index (χ0n) is 17.0. The van der Waals surface area contributed by atoms with Gasteiger partial charge in [0.15, 0.2) is 0 Å². The third-order valence-corrected chi connectivity index (χ3v) is 6.69. The average molecular weight is 391 g/mol. The topological polar surface area (TPSA) is 39.1 Å². The van der Waals surface area contributed by atoms with E-state index in [1.807, 2.05) is 0 Å². The van der Waals surface area contributed by atoms with Crippen molar-refractivity contribution in [1.29, 1.82) is 0 Å². The van der Waals surface area contributed by atoms with Gasteiger partial charge in [0.25, 0.3) is 0 Å². The summed E-state index contributed by atoms with van der Waals surface area (Å²) in [5, 5.41) is 1.15. The second kappa shape index (κ2) is 8.13. The van der Waals surface area contributed by atoms with E-state index in [1.54, 1.807) is 15.9 Å². The normalized spacial score (nSPS) is 21.8. The molecule has 5 rings (SSSR count). The number of quaternary nitrogens is 2. The van der Waals surface area contributed by atoms with Crippen LogP contribution in [0.4, 0.5) is 0 Å². The number of benzene rings is 2. The maximum Gasteiger partial charge on any atom is 0.336 e. The molecule has 0 atom stereocenters. The predicted octanol–water partition coefficient (Wildman–Crippen LogP) is 1.16. The molecule has 0 radical (unpaired) electrons. The van der Waals surface area contributed by atoms with Crippen LogP contribution >= 0.6 is 0 Å². The fourth-order valence-corrected chi connectivity index (χ4v) is 5.07. The van der Waals surface area contributed by atoms with E-state index in [1.165, 1.54) is 42.6 Å². The molecule has 1 aromatic heterocycles. The lowest BCUT2D eigenvalue weighted by Gasteiger charge is -2.30. The highest BCUT2D eigenvalue weighted by Gasteiger charge is 2.24. The Balaban J connectivity index is 1.31. The van der Waals surface area contributed by atoms with E-state index < -0.39 is 0 Å². The monoisotopic (exact) mass is 390 g/mol. The molecule has 2 aliphatic rings. The van der Waals surface area contributed by atoms with Gasteiger partial charge in [-0.2, -0.15) is 0 Å². The smallest absolute Gasteiger partial charge is 0.336 e. The zero-order chi connectivity index (χ0) is 19.6. The van der Waals surface area contributed by atoms with Crippen LogP contribution in [0, 0.1) is 0 Å². The fourth-order valence-electron chi connectivity index (χ4n) is 5.07. The average Bonchev–Trinajstić information content (AvgIpc) is 2.74. The molecule has 0 unspecified atom stereocenters. The van der Waals surface area contributed by atoms with Crippen molar-refractivity contribution >= 4 is 11.0 Å². The molecule has 2 aromatic carbocycles. The molecule has 1 aliphatic heterocycles. The third kappa shape index (κ3) is 4.14. The van der Waals surface area contributed by atoms with E-state index in [4.69, 9.17) is 4.42 Å². The molecule has 1 fully saturated rings. The Morgan fingerprint density at radius 2 is 1.45 bits per heavy atom. The van der Waals surface area contributed by atoms with Crippen LogP contribution in [0.15, 0.2) is 57.7 Å². The van der Waals surface area contributed by atoms with Gasteiger partial charge < -0.3 is 14.2 Å². The first kappa shape index (κ1) is 18.6. The second-order valence-electron chi connectivity index (χ2n) is 8.75. The number of rotatable bonds is 4. The van der Waals surface area contributed by atoms with Gasteiger partial charge >= 0.3 is 5.63 Å². The molecule has 2 N–H and O–H groups in total. The molecular weight excluding hydrogens is 360 g/mol. The number of hydrogen-bond acceptors (Lipinski definition) is 2. The number of fused-ring (bicyclic) bond motifs is 2. The molecule has 150 valence electrons. The molecule has 4 heteroatoms. The Morgan fingerprint density at radius 1 is 0.793 bits per heavy atom. The lowest BCUT2D eigenvalue weighted by atomic mass is 9.90. The van der Waals surface area contributed by atoms with Gasteiger partial charge in [0.05, 0.1) is 0 Å². The minimum atomic E-state index is -0.212. The van der Waals surface area contributed by atoms with Crippen LogP contribution in [0.1, 0.15) is 35.1 Å². The van der Waals surface area contributed by atoms with Crippen LogP contribution in [0.2, 0.25) is 0 Å². The number of hydrogen-bond donors (Lipinski definition) is 2. The highest BCUT2D eigenvalue weighted by atomic mass is 16.4. The summed E-state index contributed by atoms with van der Waals surface area (Å²) < 4.78 is 5.57. The van der Waals surface area contributed by atoms with Gasteiger partial charge in [0.1, 0.15) is 44.9 Å². The number of aryl methyl sites for hydroxylation is 2. The summed E-state index contributed by atoms with van der Waals surface area (Å²) in [6.45, 7) is 6.68. The van der Waals surface area contributed by atoms with Crippen LogP contribution < -0.4 is 15.4 Å². The Morgan fingerprint density at radius 3 is 2.17 bits per heavy atom. The van der Waals surface area contributed by atoms with Crippen LogP contribution in [0.5, 0.6) is 0 Å². The molecule has 1 aliphatic carbocycles. The number of piperazine rings is 1. The summed E-state index contributed by atoms with van der Waals surface area (Å²) in [5.41, 5.74) is 5.96. The maximum atomic E-state index is 12.2. The van der Waals surface area contributed by atoms with Gasteiger partial charge in [-0.3, -0.25) is 0 Å². The van der Waals surface area contributed by atoms with Gasteiger partial charge in [0, 0.05) is 22.6 Å². The van der Waals surface area contributed by atoms with Crippen molar-refractivity contribution in [3.8, 4) is 0 Å². The Hall–Kier alpha value is -2.43. The van der Waals surface area contributed by atoms with Crippen molar-refractivity contribution in [2.24, 2.45) is 0 Å². The van der Waals surface area contributed by atoms with Crippen molar-refractivity contribution in [3.05, 3.63) is 81.2 Å². The Kier molecular flexibility index (Phi) is 5.21. The largest absolute Gasteiger partial charge is 0.423 e. The molecule has 0 saturated carbocycles. The van der Waals surface area contributed by atoms with Gasteiger partial charge in [0.2, 0.25) is 0 Å². The van der Waals surface area contributed by atoms with Crippen LogP contribution in [-0.2, 0) is 25.9 Å². The molecule has 3 aromatic rings. The summed E-state index contributed by atoms with van der Waals surface area (Å²) in [4.78, 5) is 15.4. The molecule has 0 bridgehead atoms. The van der Waals surface area contributed by atoms with E-state index >= 15 is 0 Å². The van der Waals surface area contributed by atoms with Crippen molar-refractivity contribution in [3.63, 3.8) is 0 Å². The van der Waals surface area contributed by atoms with Crippen molar-refractivity contribution in [1.82, 2.24) is 0 Å². The molecule has 1 saturated heterocycles. The van der Waals surface area contributed by atoms with E-state index in [0.717, 1.165) is 55.6 Å². The Bertz CT molecular complexity index is 1050. The second-order valence-corrected chi connectivity index (χ2v) is 8.75. The van der Waals surface area contributed by atoms with Crippen molar-refractivity contribution in [2.75, 3.05) is 26.2 Å². The quantitative estimate of drug-likeness (QED) is 0.656. The highest BCUT2D eigenvalue weighted by molar-refractivity contribution is 5.82. The van der Waals surface area contributed by atoms with Crippen LogP contribution in [0.3, 0.4) is 0 Å². The maximum absolute atomic E-state index is 12.2. The first-order chi connectivity index (χ1) is 14.2. The van der Waals surface area contributed by atoms with Gasteiger partial charge in [-0.15, -0.1) is 0 Å². The summed E-state index contributed by atoms with van der Waals surface area (Å²) in [6.07, 6.45) is 4.76. The summed E-state index contributed by atoms with van der Waals surface area (Å²) >= 11 is 0. The van der Waals surface area contributed by atoms with E-state index in [2.05, 4.69) is 42.5 Å². The summed E-state index contributed by atoms with van der Waals surface area (Å²) in [5.74, 6) is 0. The molecule has 0 amide bonds. The highest BCUT2D eigenvalue weighted by Crippen LogP contribution is 2.27. The van der Waals surface area contributed by atoms with Crippen LogP contribution in [0.25, 0.3) is 11.0 Å². The van der Waals surface area contributed by atoms with Crippen molar-refractivity contribution in [2.45, 2.75) is 38.8 Å². The first-order valence-corrected chi connectivity index (χ1v) is 11.0. The summed E-state index contributed by atoms with van der Waals surface area (Å²) in [7, 11) is 0. The molecule has 2 heterocycles. The number of nitrogens with one attached hydrogen (secondary N) is 2. The lowest BCUT2D eigenvalue weighted by molar-refractivity contribution is -1.02. The molecule has 29 heavy (non-hydrogen) atoms. The van der Waals surface area contributed by atoms with Gasteiger partial charge in [-0.1, -0.05) is 30.3 Å². The minimum absolute atomic E-state index is 0.212. The van der Waals surface area contributed by atoms with Gasteiger partial charge in [-0.05, 0) is 48.9 Å². The first-order valence-electron chi connectivity index (χ1n) is 11.0. The summed E-state index contributed by atoms with van der Waals surface area (Å²) in [6, 6.07) is 16.9. The zero-order valence-corrected chi connectivity index (χ0v) is 17.0. The van der Waals surface area contributed by atoms with E-state index in [-0.39, 0.29) is 5.63 Å². The SMILES string of the molecule is O=c1cc(C[NH+]2CC[NH+](Cc3ccccc3)CC2)c2cc3c(cc2o1)CCCC3. The van der Waals surface area contributed by atoms with E-state index in [9.17, 15) is 4.79 Å². The van der Waals surface area contributed by atoms with E-state index in [0.29, 0.717) is 0 Å².